The molecule has 0 aromatic carbocycles. The van der Waals surface area contributed by atoms with Crippen molar-refractivity contribution in [3.05, 3.63) is 0 Å². The van der Waals surface area contributed by atoms with Crippen molar-refractivity contribution in [2.45, 2.75) is 39.7 Å². The fraction of sp³-hybridized carbons (Fsp3) is 0.733. The lowest BCUT2D eigenvalue weighted by Gasteiger charge is -2.46. The average molecular weight is 280 g/mol. The van der Waals surface area contributed by atoms with Gasteiger partial charge in [-0.1, -0.05) is 26.7 Å². The molecular formula is C15H24N2O3. The van der Waals surface area contributed by atoms with E-state index in [9.17, 15) is 14.7 Å². The second kappa shape index (κ2) is 6.17. The highest BCUT2D eigenvalue weighted by Crippen LogP contribution is 2.45. The number of hydrogen-bond acceptors (Lipinski definition) is 2. The summed E-state index contributed by atoms with van der Waals surface area (Å²) in [6, 6.07) is -0.224. The fourth-order valence-corrected chi connectivity index (χ4v) is 2.92. The van der Waals surface area contributed by atoms with Gasteiger partial charge in [0.2, 0.25) is 0 Å². The third kappa shape index (κ3) is 3.24. The number of nitrogens with one attached hydrogen (secondary N) is 1. The molecule has 0 aromatic rings. The van der Waals surface area contributed by atoms with E-state index in [0.29, 0.717) is 12.8 Å². The normalized spacial score (nSPS) is 28.2. The maximum atomic E-state index is 12.0. The highest BCUT2D eigenvalue weighted by Gasteiger charge is 2.46. The summed E-state index contributed by atoms with van der Waals surface area (Å²) in [5.41, 5.74) is -0.354. The molecule has 112 valence electrons. The molecule has 2 N–H and O–H groups in total. The van der Waals surface area contributed by atoms with Crippen LogP contribution in [0.1, 0.15) is 33.6 Å². The first kappa shape index (κ1) is 16.4. The quantitative estimate of drug-likeness (QED) is 0.774. The first-order chi connectivity index (χ1) is 9.21. The van der Waals surface area contributed by atoms with Crippen molar-refractivity contribution in [1.29, 1.82) is 0 Å². The molecule has 1 aliphatic carbocycles. The number of urea groups is 1. The van der Waals surface area contributed by atoms with Crippen molar-refractivity contribution >= 4 is 12.0 Å². The summed E-state index contributed by atoms with van der Waals surface area (Å²) in [6.45, 7) is 6.18. The van der Waals surface area contributed by atoms with Crippen molar-refractivity contribution in [3.63, 3.8) is 0 Å². The van der Waals surface area contributed by atoms with Gasteiger partial charge < -0.3 is 15.3 Å². The van der Waals surface area contributed by atoms with Gasteiger partial charge in [0.15, 0.2) is 0 Å². The van der Waals surface area contributed by atoms with Crippen LogP contribution in [0.15, 0.2) is 0 Å². The monoisotopic (exact) mass is 280 g/mol. The van der Waals surface area contributed by atoms with Gasteiger partial charge in [-0.3, -0.25) is 4.79 Å². The van der Waals surface area contributed by atoms with E-state index in [4.69, 9.17) is 6.42 Å². The summed E-state index contributed by atoms with van der Waals surface area (Å²) in [5, 5.41) is 12.3. The van der Waals surface area contributed by atoms with E-state index in [1.54, 1.807) is 7.05 Å². The van der Waals surface area contributed by atoms with Crippen LogP contribution >= 0.6 is 0 Å². The number of aliphatic carboxylic acids is 1. The van der Waals surface area contributed by atoms with Gasteiger partial charge in [-0.15, -0.1) is 6.42 Å². The Morgan fingerprint density at radius 2 is 2.05 bits per heavy atom. The molecule has 3 atom stereocenters. The molecule has 3 unspecified atom stereocenters. The third-order valence-corrected chi connectivity index (χ3v) is 4.72. The molecule has 20 heavy (non-hydrogen) atoms. The molecule has 1 aliphatic rings. The molecule has 0 heterocycles. The zero-order valence-corrected chi connectivity index (χ0v) is 12.6. The zero-order valence-electron chi connectivity index (χ0n) is 12.6. The van der Waals surface area contributed by atoms with Crippen molar-refractivity contribution in [2.24, 2.45) is 17.3 Å². The van der Waals surface area contributed by atoms with E-state index in [0.717, 1.165) is 0 Å². The van der Waals surface area contributed by atoms with Gasteiger partial charge in [0.1, 0.15) is 0 Å². The van der Waals surface area contributed by atoms with Crippen molar-refractivity contribution in [1.82, 2.24) is 10.2 Å². The third-order valence-electron chi connectivity index (χ3n) is 4.72. The highest BCUT2D eigenvalue weighted by atomic mass is 16.4. The number of carbonyl (C=O) groups excluding carboxylic acids is 1. The molecule has 0 spiro atoms. The van der Waals surface area contributed by atoms with Crippen LogP contribution in [0.5, 0.6) is 0 Å². The zero-order chi connectivity index (χ0) is 15.5. The largest absolute Gasteiger partial charge is 0.481 e. The molecule has 1 fully saturated rings. The standard InChI is InChI=1S/C15H24N2O3/c1-6-9-17(5)14(20)16-12-8-7-11(13(18)19)15(3,4)10(12)2/h1,10-12H,7-9H2,2-5H3,(H,16,20)(H,18,19). The summed E-state index contributed by atoms with van der Waals surface area (Å²) in [5.74, 6) is 1.39. The number of carboxylic acids is 1. The number of amides is 2. The van der Waals surface area contributed by atoms with Gasteiger partial charge in [0, 0.05) is 13.1 Å². The lowest BCUT2D eigenvalue weighted by Crippen LogP contribution is -2.54. The predicted octanol–water partition coefficient (Wildman–Crippen LogP) is 1.79. The summed E-state index contributed by atoms with van der Waals surface area (Å²) in [4.78, 5) is 24.7. The van der Waals surface area contributed by atoms with Crippen LogP contribution in [0.25, 0.3) is 0 Å². The van der Waals surface area contributed by atoms with Gasteiger partial charge in [-0.05, 0) is 24.2 Å². The molecular weight excluding hydrogens is 256 g/mol. The Kier molecular flexibility index (Phi) is 5.04. The number of terminal acetylenes is 1. The Hall–Kier alpha value is -1.70. The van der Waals surface area contributed by atoms with E-state index >= 15 is 0 Å². The van der Waals surface area contributed by atoms with Crippen molar-refractivity contribution < 1.29 is 14.7 Å². The molecule has 1 saturated carbocycles. The highest BCUT2D eigenvalue weighted by molar-refractivity contribution is 5.75. The summed E-state index contributed by atoms with van der Waals surface area (Å²) in [7, 11) is 1.65. The molecule has 0 radical (unpaired) electrons. The lowest BCUT2D eigenvalue weighted by atomic mass is 9.61. The van der Waals surface area contributed by atoms with Gasteiger partial charge in [-0.2, -0.15) is 0 Å². The molecule has 0 bridgehead atoms. The molecule has 0 saturated heterocycles. The number of hydrogen-bond donors (Lipinski definition) is 2. The molecule has 5 nitrogen and oxygen atoms in total. The Morgan fingerprint density at radius 1 is 1.45 bits per heavy atom. The molecule has 5 heteroatoms. The Bertz CT molecular complexity index is 425. The van der Waals surface area contributed by atoms with Crippen LogP contribution in [0.3, 0.4) is 0 Å². The molecule has 0 aliphatic heterocycles. The van der Waals surface area contributed by atoms with Gasteiger partial charge in [0.25, 0.3) is 0 Å². The second-order valence-electron chi connectivity index (χ2n) is 6.19. The SMILES string of the molecule is C#CCN(C)C(=O)NC1CCC(C(=O)O)C(C)(C)C1C. The van der Waals surface area contributed by atoms with Crippen molar-refractivity contribution in [3.8, 4) is 12.3 Å². The van der Waals surface area contributed by atoms with Gasteiger partial charge in [0.05, 0.1) is 12.5 Å². The number of carbonyl (C=O) groups is 2. The molecule has 2 amide bonds. The smallest absolute Gasteiger partial charge is 0.318 e. The average Bonchev–Trinajstić information content (AvgIpc) is 2.34. The Morgan fingerprint density at radius 3 is 2.55 bits per heavy atom. The number of carboxylic acid groups (broad SMARTS) is 1. The Balaban J connectivity index is 2.74. The van der Waals surface area contributed by atoms with E-state index in [-0.39, 0.29) is 35.9 Å². The Labute approximate surface area is 120 Å². The molecule has 0 aromatic heterocycles. The van der Waals surface area contributed by atoms with E-state index in [1.807, 2.05) is 20.8 Å². The summed E-state index contributed by atoms with van der Waals surface area (Å²) < 4.78 is 0. The van der Waals surface area contributed by atoms with Crippen LogP contribution in [0.2, 0.25) is 0 Å². The van der Waals surface area contributed by atoms with Crippen LogP contribution in [-0.4, -0.2) is 41.6 Å². The lowest BCUT2D eigenvalue weighted by molar-refractivity contribution is -0.150. The van der Waals surface area contributed by atoms with Crippen molar-refractivity contribution in [2.75, 3.05) is 13.6 Å². The molecule has 1 rings (SSSR count). The second-order valence-corrected chi connectivity index (χ2v) is 6.19. The van der Waals surface area contributed by atoms with Gasteiger partial charge >= 0.3 is 12.0 Å². The minimum atomic E-state index is -0.754. The van der Waals surface area contributed by atoms with E-state index in [2.05, 4.69) is 11.2 Å². The van der Waals surface area contributed by atoms with Crippen LogP contribution < -0.4 is 5.32 Å². The fourth-order valence-electron chi connectivity index (χ4n) is 2.92. The maximum Gasteiger partial charge on any atom is 0.318 e. The summed E-state index contributed by atoms with van der Waals surface area (Å²) >= 11 is 0. The first-order valence-electron chi connectivity index (χ1n) is 6.89. The topological polar surface area (TPSA) is 69.6 Å². The maximum absolute atomic E-state index is 12.0. The van der Waals surface area contributed by atoms with Crippen LogP contribution in [-0.2, 0) is 4.79 Å². The van der Waals surface area contributed by atoms with Gasteiger partial charge in [-0.25, -0.2) is 4.79 Å². The van der Waals surface area contributed by atoms with Crippen LogP contribution in [0.4, 0.5) is 4.79 Å². The first-order valence-corrected chi connectivity index (χ1v) is 6.89. The van der Waals surface area contributed by atoms with E-state index in [1.165, 1.54) is 4.90 Å². The minimum absolute atomic E-state index is 0.0201. The minimum Gasteiger partial charge on any atom is -0.481 e. The summed E-state index contributed by atoms with van der Waals surface area (Å²) in [6.07, 6.45) is 6.44. The number of nitrogens with zero attached hydrogens (tertiary/aromatic N) is 1. The van der Waals surface area contributed by atoms with E-state index < -0.39 is 5.97 Å². The predicted molar refractivity (Wildman–Crippen MR) is 77.1 cm³/mol. The van der Waals surface area contributed by atoms with Crippen LogP contribution in [0, 0.1) is 29.6 Å². The number of rotatable bonds is 3.